The average Bonchev–Trinajstić information content (AvgIpc) is 2.71. The molecule has 0 unspecified atom stereocenters. The van der Waals surface area contributed by atoms with Gasteiger partial charge in [0.1, 0.15) is 17.8 Å². The molecular weight excluding hydrogens is 326 g/mol. The molecule has 1 aliphatic heterocycles. The van der Waals surface area contributed by atoms with Gasteiger partial charge in [-0.2, -0.15) is 0 Å². The lowest BCUT2D eigenvalue weighted by atomic mass is 10.2. The number of aromatic nitrogens is 3. The Kier molecular flexibility index (Phi) is 4.51. The van der Waals surface area contributed by atoms with Crippen molar-refractivity contribution in [1.82, 2.24) is 15.0 Å². The fraction of sp³-hybridized carbons (Fsp3) is 0.211. The molecule has 7 nitrogen and oxygen atoms in total. The van der Waals surface area contributed by atoms with Gasteiger partial charge < -0.3 is 20.9 Å². The normalized spacial score (nSPS) is 14.3. The Balaban J connectivity index is 1.48. The fourth-order valence-corrected chi connectivity index (χ4v) is 3.08. The lowest BCUT2D eigenvalue weighted by Gasteiger charge is -2.36. The van der Waals surface area contributed by atoms with Crippen molar-refractivity contribution in [3.05, 3.63) is 61.1 Å². The second-order valence-electron chi connectivity index (χ2n) is 6.11. The van der Waals surface area contributed by atoms with Crippen LogP contribution in [0.5, 0.6) is 0 Å². The van der Waals surface area contributed by atoms with Crippen LogP contribution in [0.25, 0.3) is 0 Å². The molecule has 3 heterocycles. The summed E-state index contributed by atoms with van der Waals surface area (Å²) < 4.78 is 0. The van der Waals surface area contributed by atoms with Gasteiger partial charge in [0.2, 0.25) is 0 Å². The highest BCUT2D eigenvalue weighted by molar-refractivity contribution is 5.78. The molecule has 1 saturated heterocycles. The monoisotopic (exact) mass is 347 g/mol. The Hall–Kier alpha value is -3.35. The first-order valence-electron chi connectivity index (χ1n) is 8.65. The minimum absolute atomic E-state index is 0.572. The first-order valence-corrected chi connectivity index (χ1v) is 8.65. The Labute approximate surface area is 152 Å². The standard InChI is InChI=1S/C19H21N7/c20-17-18(24-15-6-2-1-3-7-15)22-14-23-19(17)26-12-10-25(11-13-26)16-8-4-5-9-21-16/h1-9,14H,10-13,20H2,(H,22,23,24). The zero-order valence-corrected chi connectivity index (χ0v) is 14.4. The van der Waals surface area contributed by atoms with E-state index in [1.807, 2.05) is 54.7 Å². The molecule has 26 heavy (non-hydrogen) atoms. The van der Waals surface area contributed by atoms with Crippen molar-refractivity contribution < 1.29 is 0 Å². The molecule has 7 heteroatoms. The van der Waals surface area contributed by atoms with E-state index in [0.717, 1.165) is 43.5 Å². The summed E-state index contributed by atoms with van der Waals surface area (Å²) in [6, 6.07) is 15.9. The van der Waals surface area contributed by atoms with Gasteiger partial charge in [-0.3, -0.25) is 0 Å². The number of pyridine rings is 1. The molecule has 0 aliphatic carbocycles. The summed E-state index contributed by atoms with van der Waals surface area (Å²) in [7, 11) is 0. The maximum Gasteiger partial charge on any atom is 0.159 e. The van der Waals surface area contributed by atoms with Gasteiger partial charge in [0.25, 0.3) is 0 Å². The van der Waals surface area contributed by atoms with Gasteiger partial charge >= 0.3 is 0 Å². The van der Waals surface area contributed by atoms with Crippen LogP contribution >= 0.6 is 0 Å². The highest BCUT2D eigenvalue weighted by atomic mass is 15.3. The van der Waals surface area contributed by atoms with Crippen molar-refractivity contribution in [2.45, 2.75) is 0 Å². The number of rotatable bonds is 4. The Bertz CT molecular complexity index is 846. The van der Waals surface area contributed by atoms with Crippen molar-refractivity contribution in [1.29, 1.82) is 0 Å². The van der Waals surface area contributed by atoms with Crippen molar-refractivity contribution >= 4 is 28.8 Å². The van der Waals surface area contributed by atoms with Crippen LogP contribution in [-0.4, -0.2) is 41.1 Å². The summed E-state index contributed by atoms with van der Waals surface area (Å²) in [5.74, 6) is 2.42. The Morgan fingerprint density at radius 1 is 0.808 bits per heavy atom. The number of para-hydroxylation sites is 1. The molecule has 0 radical (unpaired) electrons. The van der Waals surface area contributed by atoms with Crippen molar-refractivity contribution in [3.63, 3.8) is 0 Å². The molecule has 2 aromatic heterocycles. The molecule has 3 N–H and O–H groups in total. The Morgan fingerprint density at radius 2 is 1.54 bits per heavy atom. The van der Waals surface area contributed by atoms with Crippen molar-refractivity contribution in [3.8, 4) is 0 Å². The van der Waals surface area contributed by atoms with E-state index in [-0.39, 0.29) is 0 Å². The van der Waals surface area contributed by atoms with E-state index >= 15 is 0 Å². The number of hydrogen-bond acceptors (Lipinski definition) is 7. The molecule has 0 atom stereocenters. The molecule has 1 aliphatic rings. The minimum Gasteiger partial charge on any atom is -0.393 e. The predicted molar refractivity (Wildman–Crippen MR) is 105 cm³/mol. The maximum absolute atomic E-state index is 6.35. The van der Waals surface area contributed by atoms with E-state index in [9.17, 15) is 0 Å². The lowest BCUT2D eigenvalue weighted by molar-refractivity contribution is 0.642. The summed E-state index contributed by atoms with van der Waals surface area (Å²) in [5, 5.41) is 3.26. The van der Waals surface area contributed by atoms with Gasteiger partial charge in [-0.05, 0) is 24.3 Å². The zero-order valence-electron chi connectivity index (χ0n) is 14.4. The van der Waals surface area contributed by atoms with Crippen molar-refractivity contribution in [2.75, 3.05) is 47.0 Å². The van der Waals surface area contributed by atoms with E-state index < -0.39 is 0 Å². The first-order chi connectivity index (χ1) is 12.8. The summed E-state index contributed by atoms with van der Waals surface area (Å²) in [4.78, 5) is 17.6. The molecule has 0 saturated carbocycles. The molecule has 132 valence electrons. The minimum atomic E-state index is 0.572. The van der Waals surface area contributed by atoms with Crippen LogP contribution < -0.4 is 20.9 Å². The predicted octanol–water partition coefficient (Wildman–Crippen LogP) is 2.52. The quantitative estimate of drug-likeness (QED) is 0.750. The molecular formula is C19H21N7. The Morgan fingerprint density at radius 3 is 2.27 bits per heavy atom. The molecule has 0 amide bonds. The van der Waals surface area contributed by atoms with Gasteiger partial charge in [-0.25, -0.2) is 15.0 Å². The molecule has 0 bridgehead atoms. The topological polar surface area (TPSA) is 83.2 Å². The number of nitrogens with one attached hydrogen (secondary N) is 1. The number of anilines is 5. The number of nitrogens with zero attached hydrogens (tertiary/aromatic N) is 5. The maximum atomic E-state index is 6.35. The van der Waals surface area contributed by atoms with Gasteiger partial charge in [-0.1, -0.05) is 24.3 Å². The largest absolute Gasteiger partial charge is 0.393 e. The third-order valence-corrected chi connectivity index (χ3v) is 4.45. The number of nitrogens with two attached hydrogens (primary N) is 1. The summed E-state index contributed by atoms with van der Waals surface area (Å²) in [6.07, 6.45) is 3.38. The SMILES string of the molecule is Nc1c(Nc2ccccc2)ncnc1N1CCN(c2ccccn2)CC1. The van der Waals surface area contributed by atoms with Gasteiger partial charge in [-0.15, -0.1) is 0 Å². The van der Waals surface area contributed by atoms with Crippen LogP contribution in [0.1, 0.15) is 0 Å². The molecule has 1 fully saturated rings. The summed E-state index contributed by atoms with van der Waals surface area (Å²) in [5.41, 5.74) is 7.87. The summed E-state index contributed by atoms with van der Waals surface area (Å²) >= 11 is 0. The van der Waals surface area contributed by atoms with Crippen LogP contribution in [0, 0.1) is 0 Å². The molecule has 4 rings (SSSR count). The highest BCUT2D eigenvalue weighted by Gasteiger charge is 2.22. The molecule has 1 aromatic carbocycles. The second-order valence-corrected chi connectivity index (χ2v) is 6.11. The lowest BCUT2D eigenvalue weighted by Crippen LogP contribution is -2.47. The number of nitrogen functional groups attached to an aromatic ring is 1. The number of benzene rings is 1. The second kappa shape index (κ2) is 7.26. The number of piperazine rings is 1. The average molecular weight is 347 g/mol. The molecule has 0 spiro atoms. The van der Waals surface area contributed by atoms with Crippen LogP contribution in [-0.2, 0) is 0 Å². The fourth-order valence-electron chi connectivity index (χ4n) is 3.08. The first kappa shape index (κ1) is 16.1. The summed E-state index contributed by atoms with van der Waals surface area (Å²) in [6.45, 7) is 3.43. The van der Waals surface area contributed by atoms with E-state index in [4.69, 9.17) is 5.73 Å². The van der Waals surface area contributed by atoms with E-state index in [0.29, 0.717) is 11.5 Å². The third kappa shape index (κ3) is 3.37. The highest BCUT2D eigenvalue weighted by Crippen LogP contribution is 2.29. The van der Waals surface area contributed by atoms with Crippen LogP contribution in [0.2, 0.25) is 0 Å². The van der Waals surface area contributed by atoms with Crippen molar-refractivity contribution in [2.24, 2.45) is 0 Å². The zero-order chi connectivity index (χ0) is 17.8. The third-order valence-electron chi connectivity index (χ3n) is 4.45. The van der Waals surface area contributed by atoms with Crippen LogP contribution in [0.15, 0.2) is 61.1 Å². The van der Waals surface area contributed by atoms with Gasteiger partial charge in [0, 0.05) is 38.1 Å². The van der Waals surface area contributed by atoms with E-state index in [2.05, 4.69) is 30.1 Å². The smallest absolute Gasteiger partial charge is 0.159 e. The van der Waals surface area contributed by atoms with E-state index in [1.54, 1.807) is 6.33 Å². The van der Waals surface area contributed by atoms with Gasteiger partial charge in [0.15, 0.2) is 11.6 Å². The molecule has 3 aromatic rings. The van der Waals surface area contributed by atoms with Crippen LogP contribution in [0.3, 0.4) is 0 Å². The number of hydrogen-bond donors (Lipinski definition) is 2. The van der Waals surface area contributed by atoms with Crippen LogP contribution in [0.4, 0.5) is 28.8 Å². The van der Waals surface area contributed by atoms with E-state index in [1.165, 1.54) is 0 Å². The van der Waals surface area contributed by atoms with Gasteiger partial charge in [0.05, 0.1) is 0 Å².